The van der Waals surface area contributed by atoms with Gasteiger partial charge in [0.15, 0.2) is 11.6 Å². The summed E-state index contributed by atoms with van der Waals surface area (Å²) in [5.74, 6) is -0.676. The molecule has 0 bridgehead atoms. The van der Waals surface area contributed by atoms with E-state index in [4.69, 9.17) is 0 Å². The van der Waals surface area contributed by atoms with E-state index in [1.807, 2.05) is 0 Å². The third-order valence-electron chi connectivity index (χ3n) is 3.63. The molecule has 1 fully saturated rings. The van der Waals surface area contributed by atoms with Crippen molar-refractivity contribution in [3.8, 4) is 0 Å². The van der Waals surface area contributed by atoms with Gasteiger partial charge in [0.05, 0.1) is 0 Å². The van der Waals surface area contributed by atoms with Crippen LogP contribution in [0.3, 0.4) is 0 Å². The molecule has 94 valence electrons. The normalized spacial score (nSPS) is 24.9. The van der Waals surface area contributed by atoms with Crippen molar-refractivity contribution in [2.24, 2.45) is 5.92 Å². The van der Waals surface area contributed by atoms with Gasteiger partial charge < -0.3 is 5.32 Å². The van der Waals surface area contributed by atoms with Crippen LogP contribution >= 0.6 is 0 Å². The average molecular weight is 239 g/mol. The van der Waals surface area contributed by atoms with Crippen molar-refractivity contribution in [3.05, 3.63) is 35.4 Å². The molecule has 0 saturated heterocycles. The van der Waals surface area contributed by atoms with E-state index in [0.717, 1.165) is 24.8 Å². The van der Waals surface area contributed by atoms with Crippen molar-refractivity contribution in [2.75, 3.05) is 0 Å². The predicted octanol–water partition coefficient (Wildman–Crippen LogP) is 3.63. The molecular weight excluding hydrogens is 220 g/mol. The van der Waals surface area contributed by atoms with Crippen LogP contribution in [0.25, 0.3) is 0 Å². The summed E-state index contributed by atoms with van der Waals surface area (Å²) < 4.78 is 26.4. The SMILES string of the molecule is CC1CCC(NCc2cccc(F)c2F)CC1. The first kappa shape index (κ1) is 12.5. The van der Waals surface area contributed by atoms with E-state index in [0.29, 0.717) is 18.2 Å². The second-order valence-corrected chi connectivity index (χ2v) is 5.05. The monoisotopic (exact) mass is 239 g/mol. The standard InChI is InChI=1S/C14H19F2N/c1-10-5-7-12(8-6-10)17-9-11-3-2-4-13(15)14(11)16/h2-4,10,12,17H,5-9H2,1H3. The summed E-state index contributed by atoms with van der Waals surface area (Å²) in [4.78, 5) is 0. The second-order valence-electron chi connectivity index (χ2n) is 5.05. The Labute approximate surface area is 101 Å². The molecule has 0 heterocycles. The summed E-state index contributed by atoms with van der Waals surface area (Å²) in [6, 6.07) is 4.80. The molecule has 1 aromatic rings. The van der Waals surface area contributed by atoms with Crippen molar-refractivity contribution in [3.63, 3.8) is 0 Å². The Morgan fingerprint density at radius 1 is 1.18 bits per heavy atom. The number of rotatable bonds is 3. The van der Waals surface area contributed by atoms with Crippen LogP contribution in [0, 0.1) is 17.6 Å². The highest BCUT2D eigenvalue weighted by molar-refractivity contribution is 5.18. The summed E-state index contributed by atoms with van der Waals surface area (Å²) >= 11 is 0. The fraction of sp³-hybridized carbons (Fsp3) is 0.571. The van der Waals surface area contributed by atoms with Gasteiger partial charge in [-0.05, 0) is 37.7 Å². The molecule has 1 nitrogen and oxygen atoms in total. The molecule has 0 aromatic heterocycles. The van der Waals surface area contributed by atoms with Crippen LogP contribution in [-0.2, 0) is 6.54 Å². The first-order valence-electron chi connectivity index (χ1n) is 6.33. The molecular formula is C14H19F2N. The number of nitrogens with one attached hydrogen (secondary N) is 1. The zero-order valence-electron chi connectivity index (χ0n) is 10.2. The maximum Gasteiger partial charge on any atom is 0.163 e. The Balaban J connectivity index is 1.87. The molecule has 0 unspecified atom stereocenters. The third kappa shape index (κ3) is 3.25. The smallest absolute Gasteiger partial charge is 0.163 e. The Hall–Kier alpha value is -0.960. The summed E-state index contributed by atoms with van der Waals surface area (Å²) in [6.45, 7) is 2.69. The van der Waals surface area contributed by atoms with Gasteiger partial charge in [0.1, 0.15) is 0 Å². The van der Waals surface area contributed by atoms with E-state index < -0.39 is 11.6 Å². The fourth-order valence-corrected chi connectivity index (χ4v) is 2.40. The number of halogens is 2. The van der Waals surface area contributed by atoms with Crippen LogP contribution in [0.4, 0.5) is 8.78 Å². The van der Waals surface area contributed by atoms with Crippen molar-refractivity contribution in [1.29, 1.82) is 0 Å². The Kier molecular flexibility index (Phi) is 4.11. The maximum atomic E-state index is 13.4. The average Bonchev–Trinajstić information content (AvgIpc) is 2.33. The number of benzene rings is 1. The van der Waals surface area contributed by atoms with Crippen LogP contribution in [0.15, 0.2) is 18.2 Å². The molecule has 0 atom stereocenters. The minimum Gasteiger partial charge on any atom is -0.310 e. The van der Waals surface area contributed by atoms with E-state index in [1.165, 1.54) is 12.8 Å². The number of hydrogen-bond donors (Lipinski definition) is 1. The van der Waals surface area contributed by atoms with E-state index in [-0.39, 0.29) is 0 Å². The van der Waals surface area contributed by atoms with Crippen molar-refractivity contribution in [1.82, 2.24) is 5.32 Å². The predicted molar refractivity (Wildman–Crippen MR) is 64.6 cm³/mol. The van der Waals surface area contributed by atoms with Gasteiger partial charge in [-0.25, -0.2) is 8.78 Å². The third-order valence-corrected chi connectivity index (χ3v) is 3.63. The van der Waals surface area contributed by atoms with Gasteiger partial charge in [-0.3, -0.25) is 0 Å². The molecule has 17 heavy (non-hydrogen) atoms. The lowest BCUT2D eigenvalue weighted by Crippen LogP contribution is -2.32. The highest BCUT2D eigenvalue weighted by Gasteiger charge is 2.18. The summed E-state index contributed by atoms with van der Waals surface area (Å²) in [7, 11) is 0. The van der Waals surface area contributed by atoms with Crippen LogP contribution in [-0.4, -0.2) is 6.04 Å². The molecule has 2 rings (SSSR count). The van der Waals surface area contributed by atoms with Crippen LogP contribution < -0.4 is 5.32 Å². The van der Waals surface area contributed by atoms with Crippen molar-refractivity contribution >= 4 is 0 Å². The highest BCUT2D eigenvalue weighted by atomic mass is 19.2. The molecule has 1 saturated carbocycles. The summed E-state index contributed by atoms with van der Waals surface area (Å²) in [5, 5.41) is 3.32. The molecule has 0 spiro atoms. The van der Waals surface area contributed by atoms with Gasteiger partial charge in [-0.15, -0.1) is 0 Å². The minimum absolute atomic E-state index is 0.419. The largest absolute Gasteiger partial charge is 0.310 e. The zero-order chi connectivity index (χ0) is 12.3. The topological polar surface area (TPSA) is 12.0 Å². The van der Waals surface area contributed by atoms with E-state index >= 15 is 0 Å². The van der Waals surface area contributed by atoms with Gasteiger partial charge in [0.25, 0.3) is 0 Å². The van der Waals surface area contributed by atoms with Crippen molar-refractivity contribution in [2.45, 2.75) is 45.2 Å². The second kappa shape index (κ2) is 5.58. The zero-order valence-corrected chi connectivity index (χ0v) is 10.2. The lowest BCUT2D eigenvalue weighted by Gasteiger charge is -2.27. The van der Waals surface area contributed by atoms with E-state index in [9.17, 15) is 8.78 Å². The van der Waals surface area contributed by atoms with E-state index in [1.54, 1.807) is 12.1 Å². The van der Waals surface area contributed by atoms with Gasteiger partial charge in [-0.2, -0.15) is 0 Å². The molecule has 1 aliphatic rings. The van der Waals surface area contributed by atoms with Gasteiger partial charge >= 0.3 is 0 Å². The first-order valence-corrected chi connectivity index (χ1v) is 6.33. The molecule has 0 aliphatic heterocycles. The van der Waals surface area contributed by atoms with Crippen molar-refractivity contribution < 1.29 is 8.78 Å². The van der Waals surface area contributed by atoms with Crippen LogP contribution in [0.2, 0.25) is 0 Å². The first-order chi connectivity index (χ1) is 8.16. The Morgan fingerprint density at radius 3 is 2.59 bits per heavy atom. The number of hydrogen-bond acceptors (Lipinski definition) is 1. The lowest BCUT2D eigenvalue weighted by molar-refractivity contribution is 0.305. The molecule has 0 radical (unpaired) electrons. The fourth-order valence-electron chi connectivity index (χ4n) is 2.40. The maximum absolute atomic E-state index is 13.4. The molecule has 3 heteroatoms. The van der Waals surface area contributed by atoms with Crippen LogP contribution in [0.1, 0.15) is 38.2 Å². The molecule has 1 aliphatic carbocycles. The van der Waals surface area contributed by atoms with Gasteiger partial charge in [0, 0.05) is 18.2 Å². The summed E-state index contributed by atoms with van der Waals surface area (Å²) in [6.07, 6.45) is 4.73. The molecule has 0 amide bonds. The van der Waals surface area contributed by atoms with Crippen LogP contribution in [0.5, 0.6) is 0 Å². The van der Waals surface area contributed by atoms with Gasteiger partial charge in [-0.1, -0.05) is 19.1 Å². The lowest BCUT2D eigenvalue weighted by atomic mass is 9.87. The Morgan fingerprint density at radius 2 is 1.88 bits per heavy atom. The molecule has 1 N–H and O–H groups in total. The Bertz CT molecular complexity index is 370. The minimum atomic E-state index is -0.762. The van der Waals surface area contributed by atoms with E-state index in [2.05, 4.69) is 12.2 Å². The quantitative estimate of drug-likeness (QED) is 0.849. The van der Waals surface area contributed by atoms with Gasteiger partial charge in [0.2, 0.25) is 0 Å². The highest BCUT2D eigenvalue weighted by Crippen LogP contribution is 2.23. The summed E-state index contributed by atoms with van der Waals surface area (Å²) in [5.41, 5.74) is 0.420. The molecule has 1 aromatic carbocycles.